The number of hydrogen-bond donors (Lipinski definition) is 2. The lowest BCUT2D eigenvalue weighted by atomic mass is 10.0. The molecule has 0 aliphatic rings. The van der Waals surface area contributed by atoms with Gasteiger partial charge >= 0.3 is 18.0 Å². The van der Waals surface area contributed by atoms with E-state index in [1.54, 1.807) is 38.1 Å². The maximum Gasteiger partial charge on any atom is 0.411 e. The summed E-state index contributed by atoms with van der Waals surface area (Å²) in [6, 6.07) is 6.29. The third-order valence-electron chi connectivity index (χ3n) is 3.51. The van der Waals surface area contributed by atoms with Crippen molar-refractivity contribution in [3.05, 3.63) is 35.9 Å². The first-order valence-electron chi connectivity index (χ1n) is 7.68. The van der Waals surface area contributed by atoms with Crippen molar-refractivity contribution >= 4 is 18.0 Å². The van der Waals surface area contributed by atoms with Crippen LogP contribution in [0.4, 0.5) is 4.79 Å². The second-order valence-corrected chi connectivity index (χ2v) is 5.95. The summed E-state index contributed by atoms with van der Waals surface area (Å²) < 4.78 is 5.13. The Bertz CT molecular complexity index is 572. The normalized spacial score (nSPS) is 13.2. The molecular weight excluding hydrogens is 314 g/mol. The van der Waals surface area contributed by atoms with Gasteiger partial charge in [0.2, 0.25) is 0 Å². The molecule has 0 spiro atoms. The van der Waals surface area contributed by atoms with Crippen LogP contribution in [-0.2, 0) is 20.9 Å². The first-order valence-corrected chi connectivity index (χ1v) is 7.68. The molecular formula is C17H23NO6. The number of nitrogens with zero attached hydrogens (tertiary/aromatic N) is 1. The van der Waals surface area contributed by atoms with E-state index < -0.39 is 30.1 Å². The second kappa shape index (κ2) is 8.90. The Morgan fingerprint density at radius 2 is 1.62 bits per heavy atom. The zero-order valence-corrected chi connectivity index (χ0v) is 14.0. The summed E-state index contributed by atoms with van der Waals surface area (Å²) >= 11 is 0. The fourth-order valence-corrected chi connectivity index (χ4v) is 2.25. The van der Waals surface area contributed by atoms with Gasteiger partial charge in [0.1, 0.15) is 18.7 Å². The van der Waals surface area contributed by atoms with Crippen molar-refractivity contribution in [2.24, 2.45) is 5.92 Å². The van der Waals surface area contributed by atoms with Crippen LogP contribution in [0.15, 0.2) is 30.3 Å². The van der Waals surface area contributed by atoms with Crippen LogP contribution in [0.3, 0.4) is 0 Å². The largest absolute Gasteiger partial charge is 0.480 e. The number of amides is 1. The van der Waals surface area contributed by atoms with E-state index in [9.17, 15) is 24.6 Å². The van der Waals surface area contributed by atoms with E-state index in [2.05, 4.69) is 0 Å². The molecule has 0 fully saturated rings. The first-order chi connectivity index (χ1) is 11.2. The van der Waals surface area contributed by atoms with Crippen LogP contribution in [0.1, 0.15) is 32.8 Å². The zero-order valence-electron chi connectivity index (χ0n) is 14.0. The number of ether oxygens (including phenoxy) is 1. The highest BCUT2D eigenvalue weighted by Gasteiger charge is 2.37. The van der Waals surface area contributed by atoms with Crippen molar-refractivity contribution in [3.8, 4) is 0 Å². The predicted octanol–water partition coefficient (Wildman–Crippen LogP) is 2.60. The summed E-state index contributed by atoms with van der Waals surface area (Å²) in [7, 11) is 0. The number of carbonyl (C=O) groups excluding carboxylic acids is 1. The molecule has 7 nitrogen and oxygen atoms in total. The number of aliphatic carboxylic acids is 2. The van der Waals surface area contributed by atoms with Gasteiger partial charge in [-0.15, -0.1) is 0 Å². The van der Waals surface area contributed by atoms with E-state index >= 15 is 0 Å². The Kier molecular flexibility index (Phi) is 7.23. The molecule has 0 aliphatic carbocycles. The lowest BCUT2D eigenvalue weighted by Gasteiger charge is -2.32. The highest BCUT2D eigenvalue weighted by Crippen LogP contribution is 2.18. The summed E-state index contributed by atoms with van der Waals surface area (Å²) in [4.78, 5) is 36.0. The molecule has 0 aliphatic heterocycles. The maximum atomic E-state index is 12.4. The van der Waals surface area contributed by atoms with E-state index in [4.69, 9.17) is 4.74 Å². The molecule has 2 N–H and O–H groups in total. The molecule has 7 heteroatoms. The van der Waals surface area contributed by atoms with Crippen molar-refractivity contribution < 1.29 is 29.3 Å². The van der Waals surface area contributed by atoms with Crippen LogP contribution in [0.5, 0.6) is 0 Å². The van der Waals surface area contributed by atoms with Gasteiger partial charge in [-0.25, -0.2) is 14.4 Å². The van der Waals surface area contributed by atoms with Gasteiger partial charge < -0.3 is 14.9 Å². The average molecular weight is 337 g/mol. The van der Waals surface area contributed by atoms with Gasteiger partial charge in [0.05, 0.1) is 0 Å². The molecule has 0 saturated carbocycles. The summed E-state index contributed by atoms with van der Waals surface area (Å²) in [6.07, 6.45) is -0.824. The van der Waals surface area contributed by atoms with Crippen LogP contribution in [-0.4, -0.2) is 45.2 Å². The van der Waals surface area contributed by atoms with Crippen molar-refractivity contribution in [1.82, 2.24) is 4.90 Å². The van der Waals surface area contributed by atoms with Crippen LogP contribution in [0.2, 0.25) is 0 Å². The number of rotatable bonds is 8. The molecule has 0 aromatic heterocycles. The number of carbonyl (C=O) groups is 3. The number of carboxylic acids is 2. The highest BCUT2D eigenvalue weighted by atomic mass is 16.6. The van der Waals surface area contributed by atoms with Crippen LogP contribution in [0.25, 0.3) is 0 Å². The van der Waals surface area contributed by atoms with E-state index in [-0.39, 0.29) is 18.9 Å². The molecule has 1 rings (SSSR count). The molecule has 2 atom stereocenters. The zero-order chi connectivity index (χ0) is 18.3. The monoisotopic (exact) mass is 337 g/mol. The molecule has 132 valence electrons. The second-order valence-electron chi connectivity index (χ2n) is 5.95. The van der Waals surface area contributed by atoms with E-state index in [0.717, 1.165) is 10.5 Å². The molecule has 0 heterocycles. The Morgan fingerprint density at radius 1 is 1.04 bits per heavy atom. The van der Waals surface area contributed by atoms with E-state index in [1.165, 1.54) is 6.92 Å². The molecule has 1 aromatic carbocycles. The third kappa shape index (κ3) is 5.57. The third-order valence-corrected chi connectivity index (χ3v) is 3.51. The highest BCUT2D eigenvalue weighted by molar-refractivity contribution is 5.85. The van der Waals surface area contributed by atoms with Gasteiger partial charge in [-0.2, -0.15) is 0 Å². The Hall–Kier alpha value is -2.57. The molecule has 0 radical (unpaired) electrons. The molecule has 1 aromatic rings. The minimum atomic E-state index is -1.31. The summed E-state index contributed by atoms with van der Waals surface area (Å²) in [6.45, 7) is 4.81. The molecule has 1 unspecified atom stereocenters. The van der Waals surface area contributed by atoms with Crippen molar-refractivity contribution in [3.63, 3.8) is 0 Å². The smallest absolute Gasteiger partial charge is 0.411 e. The molecule has 0 saturated heterocycles. The van der Waals surface area contributed by atoms with Crippen LogP contribution < -0.4 is 0 Å². The quantitative estimate of drug-likeness (QED) is 0.755. The summed E-state index contributed by atoms with van der Waals surface area (Å²) in [5, 5.41) is 18.6. The van der Waals surface area contributed by atoms with Gasteiger partial charge in [-0.1, -0.05) is 44.2 Å². The molecule has 0 bridgehead atoms. The number of carboxylic acid groups (broad SMARTS) is 2. The number of benzene rings is 1. The fraction of sp³-hybridized carbons (Fsp3) is 0.471. The molecule has 1 amide bonds. The average Bonchev–Trinajstić information content (AvgIpc) is 2.52. The number of hydrogen-bond acceptors (Lipinski definition) is 4. The molecule has 24 heavy (non-hydrogen) atoms. The Balaban J connectivity index is 2.96. The minimum Gasteiger partial charge on any atom is -0.480 e. The first kappa shape index (κ1) is 19.5. The Labute approximate surface area is 140 Å². The van der Waals surface area contributed by atoms with Crippen LogP contribution >= 0.6 is 0 Å². The van der Waals surface area contributed by atoms with E-state index in [1.807, 2.05) is 6.07 Å². The van der Waals surface area contributed by atoms with E-state index in [0.29, 0.717) is 0 Å². The topological polar surface area (TPSA) is 104 Å². The van der Waals surface area contributed by atoms with Crippen molar-refractivity contribution in [2.75, 3.05) is 0 Å². The van der Waals surface area contributed by atoms with Gasteiger partial charge in [-0.3, -0.25) is 4.90 Å². The standard InChI is InChI=1S/C17H23NO6/c1-11(2)9-14(16(21)22)18(12(3)15(19)20)17(23)24-10-13-7-5-4-6-8-13/h4-8,11-12,14H,9-10H2,1-3H3,(H,19,20)(H,21,22)/t12?,14-/m0/s1. The minimum absolute atomic E-state index is 0.0310. The van der Waals surface area contributed by atoms with Gasteiger partial charge in [-0.05, 0) is 24.8 Å². The van der Waals surface area contributed by atoms with Gasteiger partial charge in [0.25, 0.3) is 0 Å². The SMILES string of the molecule is CC(C)C[C@@H](C(=O)O)N(C(=O)OCc1ccccc1)C(C)C(=O)O. The lowest BCUT2D eigenvalue weighted by molar-refractivity contribution is -0.149. The Morgan fingerprint density at radius 3 is 2.08 bits per heavy atom. The predicted molar refractivity (Wildman–Crippen MR) is 86.4 cm³/mol. The van der Waals surface area contributed by atoms with Gasteiger partial charge in [0.15, 0.2) is 0 Å². The van der Waals surface area contributed by atoms with Crippen molar-refractivity contribution in [2.45, 2.75) is 45.9 Å². The summed E-state index contributed by atoms with van der Waals surface area (Å²) in [5.41, 5.74) is 0.726. The van der Waals surface area contributed by atoms with Crippen molar-refractivity contribution in [1.29, 1.82) is 0 Å². The fourth-order valence-electron chi connectivity index (χ4n) is 2.25. The maximum absolute atomic E-state index is 12.4. The summed E-state index contributed by atoms with van der Waals surface area (Å²) in [5.74, 6) is -2.58. The van der Waals surface area contributed by atoms with Gasteiger partial charge in [0, 0.05) is 0 Å². The van der Waals surface area contributed by atoms with Crippen LogP contribution in [0, 0.1) is 5.92 Å². The lowest BCUT2D eigenvalue weighted by Crippen LogP contribution is -2.53.